The van der Waals surface area contributed by atoms with Crippen molar-refractivity contribution in [3.63, 3.8) is 0 Å². The fourth-order valence-electron chi connectivity index (χ4n) is 3.60. The summed E-state index contributed by atoms with van der Waals surface area (Å²) in [6, 6.07) is 16.3. The molecule has 0 aliphatic carbocycles. The lowest BCUT2D eigenvalue weighted by Crippen LogP contribution is -2.17. The summed E-state index contributed by atoms with van der Waals surface area (Å²) in [6.07, 6.45) is 5.98. The van der Waals surface area contributed by atoms with Crippen LogP contribution in [-0.4, -0.2) is 27.5 Å². The molecule has 0 aliphatic heterocycles. The molecular formula is C26H22N6O4. The van der Waals surface area contributed by atoms with Gasteiger partial charge in [0.05, 0.1) is 24.7 Å². The number of anilines is 4. The minimum atomic E-state index is -0.443. The van der Waals surface area contributed by atoms with Crippen LogP contribution >= 0.6 is 0 Å². The van der Waals surface area contributed by atoms with Gasteiger partial charge < -0.3 is 29.9 Å². The largest absolute Gasteiger partial charge is 0.477 e. The lowest BCUT2D eigenvalue weighted by atomic mass is 10.1. The van der Waals surface area contributed by atoms with E-state index in [1.165, 1.54) is 12.8 Å². The second kappa shape index (κ2) is 10.0. The standard InChI is InChI=1S/C26H22N6O4/c1-2-34-26-24(25(33)31-19-5-3-4-17(10-19)22-13-29-15-36-22)20(27)11-23(32-26)30-18-8-6-16(7-9-18)21-12-28-14-35-21/h3-15H,2H2,1H3,(H,31,33)(H3,27,30,32). The molecule has 0 radical (unpaired) electrons. The normalized spacial score (nSPS) is 10.7. The molecule has 4 N–H and O–H groups in total. The molecule has 0 saturated heterocycles. The van der Waals surface area contributed by atoms with Gasteiger partial charge in [0, 0.05) is 28.6 Å². The van der Waals surface area contributed by atoms with Crippen LogP contribution in [0.4, 0.5) is 22.9 Å². The molecule has 3 aromatic heterocycles. The van der Waals surface area contributed by atoms with Gasteiger partial charge in [0.1, 0.15) is 11.4 Å². The van der Waals surface area contributed by atoms with Crippen LogP contribution in [0.3, 0.4) is 0 Å². The lowest BCUT2D eigenvalue weighted by molar-refractivity contribution is 0.102. The molecule has 0 bridgehead atoms. The maximum Gasteiger partial charge on any atom is 0.263 e. The zero-order valence-corrected chi connectivity index (χ0v) is 19.3. The van der Waals surface area contributed by atoms with Gasteiger partial charge in [-0.2, -0.15) is 4.98 Å². The number of nitrogens with two attached hydrogens (primary N) is 1. The minimum Gasteiger partial charge on any atom is -0.477 e. The predicted octanol–water partition coefficient (Wildman–Crippen LogP) is 5.37. The van der Waals surface area contributed by atoms with Crippen molar-refractivity contribution in [2.24, 2.45) is 0 Å². The van der Waals surface area contributed by atoms with Crippen LogP contribution in [0.25, 0.3) is 22.6 Å². The van der Waals surface area contributed by atoms with Gasteiger partial charge in [0.15, 0.2) is 24.3 Å². The number of nitrogen functional groups attached to an aromatic ring is 1. The van der Waals surface area contributed by atoms with Crippen LogP contribution in [0.2, 0.25) is 0 Å². The second-order valence-corrected chi connectivity index (χ2v) is 7.68. The molecule has 0 saturated carbocycles. The summed E-state index contributed by atoms with van der Waals surface area (Å²) in [6.45, 7) is 2.12. The van der Waals surface area contributed by atoms with Crippen molar-refractivity contribution in [1.29, 1.82) is 0 Å². The maximum absolute atomic E-state index is 13.2. The van der Waals surface area contributed by atoms with E-state index in [9.17, 15) is 4.79 Å². The van der Waals surface area contributed by atoms with Crippen LogP contribution in [-0.2, 0) is 0 Å². The summed E-state index contributed by atoms with van der Waals surface area (Å²) in [5.74, 6) is 1.38. The summed E-state index contributed by atoms with van der Waals surface area (Å²) in [4.78, 5) is 25.5. The van der Waals surface area contributed by atoms with Gasteiger partial charge in [-0.1, -0.05) is 12.1 Å². The van der Waals surface area contributed by atoms with Crippen molar-refractivity contribution in [2.45, 2.75) is 6.92 Å². The Hall–Kier alpha value is -5.12. The third-order valence-electron chi connectivity index (χ3n) is 5.24. The number of hydrogen-bond acceptors (Lipinski definition) is 9. The average molecular weight is 483 g/mol. The Bertz CT molecular complexity index is 1470. The first-order valence-corrected chi connectivity index (χ1v) is 11.1. The molecule has 5 rings (SSSR count). The van der Waals surface area contributed by atoms with Gasteiger partial charge in [0.2, 0.25) is 5.88 Å². The van der Waals surface area contributed by atoms with Crippen molar-refractivity contribution in [1.82, 2.24) is 15.0 Å². The molecule has 2 aromatic carbocycles. The number of benzene rings is 2. The second-order valence-electron chi connectivity index (χ2n) is 7.68. The zero-order valence-electron chi connectivity index (χ0n) is 19.3. The molecule has 1 amide bonds. The van der Waals surface area contributed by atoms with Crippen LogP contribution in [0, 0.1) is 0 Å². The SMILES string of the molecule is CCOc1nc(Nc2ccc(-c3cnco3)cc2)cc(N)c1C(=O)Nc1cccc(-c2cnco2)c1. The molecule has 3 heterocycles. The molecule has 180 valence electrons. The van der Waals surface area contributed by atoms with Crippen LogP contribution in [0.1, 0.15) is 17.3 Å². The lowest BCUT2D eigenvalue weighted by Gasteiger charge is -2.15. The Morgan fingerprint density at radius 3 is 2.33 bits per heavy atom. The number of nitrogens with one attached hydrogen (secondary N) is 2. The topological polar surface area (TPSA) is 141 Å². The minimum absolute atomic E-state index is 0.127. The van der Waals surface area contributed by atoms with E-state index in [1.54, 1.807) is 36.7 Å². The number of carbonyl (C=O) groups is 1. The number of aromatic nitrogens is 3. The van der Waals surface area contributed by atoms with Crippen molar-refractivity contribution in [2.75, 3.05) is 23.0 Å². The van der Waals surface area contributed by atoms with Crippen molar-refractivity contribution in [3.05, 3.63) is 85.3 Å². The van der Waals surface area contributed by atoms with E-state index in [4.69, 9.17) is 19.3 Å². The number of carbonyl (C=O) groups excluding carboxylic acids is 1. The molecule has 0 fully saturated rings. The molecule has 36 heavy (non-hydrogen) atoms. The van der Waals surface area contributed by atoms with Gasteiger partial charge in [0.25, 0.3) is 5.91 Å². The number of oxazole rings is 2. The quantitative estimate of drug-likeness (QED) is 0.266. The highest BCUT2D eigenvalue weighted by atomic mass is 16.5. The van der Waals surface area contributed by atoms with Crippen LogP contribution < -0.4 is 21.1 Å². The van der Waals surface area contributed by atoms with Crippen molar-refractivity contribution < 1.29 is 18.4 Å². The molecule has 10 heteroatoms. The zero-order chi connectivity index (χ0) is 24.9. The Balaban J connectivity index is 1.37. The average Bonchev–Trinajstić information content (AvgIpc) is 3.60. The predicted molar refractivity (Wildman–Crippen MR) is 135 cm³/mol. The van der Waals surface area contributed by atoms with E-state index in [-0.39, 0.29) is 17.1 Å². The number of ether oxygens (including phenoxy) is 1. The van der Waals surface area contributed by atoms with E-state index >= 15 is 0 Å². The Kier molecular flexibility index (Phi) is 6.31. The van der Waals surface area contributed by atoms with E-state index < -0.39 is 5.91 Å². The first-order valence-electron chi connectivity index (χ1n) is 11.1. The number of pyridine rings is 1. The van der Waals surface area contributed by atoms with Gasteiger partial charge in [-0.05, 0) is 43.3 Å². The number of nitrogens with zero attached hydrogens (tertiary/aromatic N) is 3. The third-order valence-corrected chi connectivity index (χ3v) is 5.24. The monoisotopic (exact) mass is 482 g/mol. The van der Waals surface area contributed by atoms with Crippen LogP contribution in [0.5, 0.6) is 5.88 Å². The van der Waals surface area contributed by atoms with Gasteiger partial charge >= 0.3 is 0 Å². The summed E-state index contributed by atoms with van der Waals surface area (Å²) >= 11 is 0. The molecule has 0 spiro atoms. The van der Waals surface area contributed by atoms with Crippen LogP contribution in [0.15, 0.2) is 88.6 Å². The number of rotatable bonds is 8. The van der Waals surface area contributed by atoms with Gasteiger partial charge in [-0.3, -0.25) is 4.79 Å². The van der Waals surface area contributed by atoms with Crippen molar-refractivity contribution >= 4 is 28.8 Å². The smallest absolute Gasteiger partial charge is 0.263 e. The molecule has 0 atom stereocenters. The molecular weight excluding hydrogens is 460 g/mol. The maximum atomic E-state index is 13.2. The first kappa shape index (κ1) is 22.7. The van der Waals surface area contributed by atoms with Gasteiger partial charge in [-0.15, -0.1) is 0 Å². The molecule has 0 unspecified atom stereocenters. The summed E-state index contributed by atoms with van der Waals surface area (Å²) in [5, 5.41) is 6.04. The number of amides is 1. The summed E-state index contributed by atoms with van der Waals surface area (Å²) in [5.41, 5.74) is 9.65. The van der Waals surface area contributed by atoms with E-state index in [0.29, 0.717) is 29.6 Å². The van der Waals surface area contributed by atoms with Gasteiger partial charge in [-0.25, -0.2) is 9.97 Å². The molecule has 0 aliphatic rings. The summed E-state index contributed by atoms with van der Waals surface area (Å²) in [7, 11) is 0. The Labute approximate surface area is 206 Å². The van der Waals surface area contributed by atoms with E-state index in [2.05, 4.69) is 25.6 Å². The summed E-state index contributed by atoms with van der Waals surface area (Å²) < 4.78 is 16.3. The molecule has 5 aromatic rings. The molecule has 10 nitrogen and oxygen atoms in total. The first-order chi connectivity index (χ1) is 17.6. The Morgan fingerprint density at radius 1 is 0.944 bits per heavy atom. The third kappa shape index (κ3) is 4.87. The fraction of sp³-hybridized carbons (Fsp3) is 0.0769. The highest BCUT2D eigenvalue weighted by molar-refractivity contribution is 6.09. The van der Waals surface area contributed by atoms with E-state index in [1.807, 2.05) is 37.3 Å². The van der Waals surface area contributed by atoms with E-state index in [0.717, 1.165) is 16.8 Å². The van der Waals surface area contributed by atoms with Crippen molar-refractivity contribution in [3.8, 4) is 28.5 Å². The Morgan fingerprint density at radius 2 is 1.67 bits per heavy atom. The highest BCUT2D eigenvalue weighted by Crippen LogP contribution is 2.30. The number of hydrogen-bond donors (Lipinski definition) is 3. The highest BCUT2D eigenvalue weighted by Gasteiger charge is 2.20. The fourth-order valence-corrected chi connectivity index (χ4v) is 3.60.